The fraction of sp³-hybridized carbons (Fsp3) is 0.333. The Morgan fingerprint density at radius 1 is 0.949 bits per heavy atom. The highest BCUT2D eigenvalue weighted by molar-refractivity contribution is 6.37. The summed E-state index contributed by atoms with van der Waals surface area (Å²) in [6.07, 6.45) is -0.257. The molecule has 6 rings (SSSR count). The van der Waals surface area contributed by atoms with E-state index in [-0.39, 0.29) is 6.04 Å². The van der Waals surface area contributed by atoms with Crippen LogP contribution in [0, 0.1) is 0 Å². The number of hydrogen-bond donors (Lipinski definition) is 0. The molecular formula is C30H28ClNO7. The molecule has 0 aliphatic carbocycles. The van der Waals surface area contributed by atoms with Crippen molar-refractivity contribution < 1.29 is 33.3 Å². The fourth-order valence-corrected chi connectivity index (χ4v) is 6.20. The van der Waals surface area contributed by atoms with E-state index in [0.717, 1.165) is 27.8 Å². The Hall–Kier alpha value is -3.75. The molecule has 3 aliphatic heterocycles. The van der Waals surface area contributed by atoms with Crippen molar-refractivity contribution in [2.45, 2.75) is 44.7 Å². The molecule has 9 heteroatoms. The molecule has 8 nitrogen and oxygen atoms in total. The lowest BCUT2D eigenvalue weighted by Gasteiger charge is -2.46. The predicted octanol–water partition coefficient (Wildman–Crippen LogP) is 4.98. The summed E-state index contributed by atoms with van der Waals surface area (Å²) in [4.78, 5) is 27.7. The van der Waals surface area contributed by atoms with Gasteiger partial charge in [-0.2, -0.15) is 0 Å². The summed E-state index contributed by atoms with van der Waals surface area (Å²) in [7, 11) is 3.13. The quantitative estimate of drug-likeness (QED) is 0.301. The number of ketones is 1. The monoisotopic (exact) mass is 549 g/mol. The summed E-state index contributed by atoms with van der Waals surface area (Å²) in [5.41, 5.74) is 4.43. The van der Waals surface area contributed by atoms with Crippen LogP contribution in [0.1, 0.15) is 46.9 Å². The Labute approximate surface area is 231 Å². The lowest BCUT2D eigenvalue weighted by molar-refractivity contribution is -0.149. The van der Waals surface area contributed by atoms with E-state index in [1.807, 2.05) is 54.3 Å². The summed E-state index contributed by atoms with van der Waals surface area (Å²) in [5, 5.41) is 0.563. The van der Waals surface area contributed by atoms with Gasteiger partial charge in [0, 0.05) is 34.8 Å². The number of Topliss-reactive ketones (excluding diaryl/α,β-unsaturated/α-hetero) is 1. The van der Waals surface area contributed by atoms with Crippen LogP contribution >= 0.6 is 11.6 Å². The average Bonchev–Trinajstić information content (AvgIpc) is 3.26. The third-order valence-electron chi connectivity index (χ3n) is 7.68. The first-order valence-corrected chi connectivity index (χ1v) is 13.2. The molecule has 0 amide bonds. The third-order valence-corrected chi connectivity index (χ3v) is 8.01. The number of methoxy groups -OCH3 is 2. The molecule has 202 valence electrons. The van der Waals surface area contributed by atoms with Crippen LogP contribution < -0.4 is 18.9 Å². The number of rotatable bonds is 7. The van der Waals surface area contributed by atoms with E-state index in [1.54, 1.807) is 20.3 Å². The number of esters is 1. The largest absolute Gasteiger partial charge is 0.493 e. The van der Waals surface area contributed by atoms with Crippen molar-refractivity contribution in [3.05, 3.63) is 81.4 Å². The van der Waals surface area contributed by atoms with Crippen molar-refractivity contribution in [1.82, 2.24) is 4.90 Å². The van der Waals surface area contributed by atoms with Crippen molar-refractivity contribution in [2.24, 2.45) is 0 Å². The molecule has 0 aromatic heterocycles. The van der Waals surface area contributed by atoms with Crippen LogP contribution in [0.3, 0.4) is 0 Å². The Morgan fingerprint density at radius 3 is 2.41 bits per heavy atom. The van der Waals surface area contributed by atoms with Crippen molar-refractivity contribution in [1.29, 1.82) is 0 Å². The van der Waals surface area contributed by atoms with Gasteiger partial charge >= 0.3 is 5.97 Å². The number of fused-ring (bicyclic) bond motifs is 7. The van der Waals surface area contributed by atoms with Crippen molar-refractivity contribution in [3.63, 3.8) is 0 Å². The zero-order valence-corrected chi connectivity index (χ0v) is 22.6. The topological polar surface area (TPSA) is 83.5 Å². The highest BCUT2D eigenvalue weighted by Gasteiger charge is 2.55. The third kappa shape index (κ3) is 4.19. The maximum atomic E-state index is 13.1. The molecule has 0 radical (unpaired) electrons. The van der Waals surface area contributed by atoms with Gasteiger partial charge in [-0.1, -0.05) is 41.9 Å². The predicted molar refractivity (Wildman–Crippen MR) is 143 cm³/mol. The van der Waals surface area contributed by atoms with Gasteiger partial charge in [-0.3, -0.25) is 9.69 Å². The summed E-state index contributed by atoms with van der Waals surface area (Å²) < 4.78 is 29.1. The van der Waals surface area contributed by atoms with E-state index >= 15 is 0 Å². The first-order valence-electron chi connectivity index (χ1n) is 12.8. The molecule has 3 aromatic carbocycles. The molecule has 0 bridgehead atoms. The van der Waals surface area contributed by atoms with Crippen LogP contribution in [0.2, 0.25) is 5.02 Å². The van der Waals surface area contributed by atoms with Gasteiger partial charge < -0.3 is 23.7 Å². The van der Waals surface area contributed by atoms with Gasteiger partial charge in [0.05, 0.1) is 20.8 Å². The summed E-state index contributed by atoms with van der Waals surface area (Å²) in [6, 6.07) is 14.4. The molecule has 1 saturated heterocycles. The Kier molecular flexibility index (Phi) is 6.61. The normalized spacial score (nSPS) is 21.3. The van der Waals surface area contributed by atoms with Crippen LogP contribution in [0.5, 0.6) is 23.0 Å². The molecule has 1 fully saturated rings. The molecule has 3 heterocycles. The van der Waals surface area contributed by atoms with Gasteiger partial charge in [-0.05, 0) is 42.2 Å². The number of ether oxygens (including phenoxy) is 5. The van der Waals surface area contributed by atoms with Crippen LogP contribution in [-0.2, 0) is 33.9 Å². The number of nitrogens with zero attached hydrogens (tertiary/aromatic N) is 1. The average molecular weight is 550 g/mol. The molecular weight excluding hydrogens is 522 g/mol. The number of carbonyl (C=O) groups is 2. The first-order chi connectivity index (χ1) is 18.9. The second kappa shape index (κ2) is 10.1. The van der Waals surface area contributed by atoms with Crippen molar-refractivity contribution in [3.8, 4) is 23.0 Å². The molecule has 39 heavy (non-hydrogen) atoms. The molecule has 3 aliphatic rings. The second-order valence-corrected chi connectivity index (χ2v) is 10.1. The maximum Gasteiger partial charge on any atom is 0.377 e. The van der Waals surface area contributed by atoms with Gasteiger partial charge in [0.1, 0.15) is 12.6 Å². The number of benzene rings is 3. The Balaban J connectivity index is 1.47. The maximum absolute atomic E-state index is 13.1. The fourth-order valence-electron chi connectivity index (χ4n) is 5.91. The highest BCUT2D eigenvalue weighted by atomic mass is 35.5. The van der Waals surface area contributed by atoms with Crippen molar-refractivity contribution in [2.75, 3.05) is 20.8 Å². The summed E-state index contributed by atoms with van der Waals surface area (Å²) in [5.74, 6) is 0.800. The second-order valence-electron chi connectivity index (χ2n) is 9.71. The van der Waals surface area contributed by atoms with E-state index in [0.29, 0.717) is 54.2 Å². The van der Waals surface area contributed by atoms with Gasteiger partial charge in [-0.15, -0.1) is 0 Å². The van der Waals surface area contributed by atoms with Crippen molar-refractivity contribution >= 4 is 23.4 Å². The number of halogens is 1. The number of hydrogen-bond acceptors (Lipinski definition) is 8. The first kappa shape index (κ1) is 25.5. The van der Waals surface area contributed by atoms with Gasteiger partial charge in [0.15, 0.2) is 29.1 Å². The summed E-state index contributed by atoms with van der Waals surface area (Å²) >= 11 is 6.77. The zero-order valence-electron chi connectivity index (χ0n) is 21.9. The van der Waals surface area contributed by atoms with Crippen LogP contribution in [0.25, 0.3) is 0 Å². The molecule has 0 saturated carbocycles. The lowest BCUT2D eigenvalue weighted by atomic mass is 9.79. The van der Waals surface area contributed by atoms with Crippen LogP contribution in [0.15, 0.2) is 48.5 Å². The molecule has 3 unspecified atom stereocenters. The molecule has 3 atom stereocenters. The Bertz CT molecular complexity index is 1460. The SMILES string of the molecule is CCOc1c(OC)cc(Cl)c2c1CN1C(C2)c2cc(OCc3ccccc3)c(OC)cc2C2OC(=O)C(=O)C21. The minimum absolute atomic E-state index is 0.252. The minimum Gasteiger partial charge on any atom is -0.493 e. The lowest BCUT2D eigenvalue weighted by Crippen LogP contribution is -2.50. The van der Waals surface area contributed by atoms with E-state index in [4.69, 9.17) is 35.3 Å². The minimum atomic E-state index is -0.834. The highest BCUT2D eigenvalue weighted by Crippen LogP contribution is 2.53. The standard InChI is InChI=1S/C30H28ClNO7/c1-4-37-28-20-14-32-22(10-17(20)21(31)13-25(28)36-3)18-11-24(38-15-16-8-6-5-7-9-16)23(35-2)12-19(18)29-26(32)27(33)30(34)39-29/h5-9,11-13,22,26,29H,4,10,14-15H2,1-3H3. The van der Waals surface area contributed by atoms with Crippen LogP contribution in [0.4, 0.5) is 0 Å². The van der Waals surface area contributed by atoms with Gasteiger partial charge in [0.2, 0.25) is 0 Å². The number of carbonyl (C=O) groups excluding carboxylic acids is 2. The van der Waals surface area contributed by atoms with E-state index in [2.05, 4.69) is 0 Å². The molecule has 3 aromatic rings. The van der Waals surface area contributed by atoms with Gasteiger partial charge in [0.25, 0.3) is 5.78 Å². The molecule has 0 N–H and O–H groups in total. The van der Waals surface area contributed by atoms with E-state index in [1.165, 1.54) is 0 Å². The van der Waals surface area contributed by atoms with Gasteiger partial charge in [-0.25, -0.2) is 4.79 Å². The van der Waals surface area contributed by atoms with E-state index < -0.39 is 23.9 Å². The summed E-state index contributed by atoms with van der Waals surface area (Å²) in [6.45, 7) is 3.03. The smallest absolute Gasteiger partial charge is 0.377 e. The van der Waals surface area contributed by atoms with E-state index in [9.17, 15) is 9.59 Å². The zero-order chi connectivity index (χ0) is 27.3. The molecule has 0 spiro atoms. The van der Waals surface area contributed by atoms with Crippen LogP contribution in [-0.4, -0.2) is 43.5 Å². The Morgan fingerprint density at radius 2 is 1.69 bits per heavy atom.